The van der Waals surface area contributed by atoms with Gasteiger partial charge >= 0.3 is 0 Å². The van der Waals surface area contributed by atoms with E-state index in [4.69, 9.17) is 0 Å². The molecule has 1 heterocycles. The highest BCUT2D eigenvalue weighted by Crippen LogP contribution is 2.33. The number of rotatable bonds is 4. The third-order valence-corrected chi connectivity index (χ3v) is 4.83. The Kier molecular flexibility index (Phi) is 4.87. The SMILES string of the molecule is CCCN(C1CCNC1)C1CC(C)CCC1C. The van der Waals surface area contributed by atoms with Crippen molar-refractivity contribution in [1.29, 1.82) is 0 Å². The van der Waals surface area contributed by atoms with Crippen LogP contribution >= 0.6 is 0 Å². The zero-order valence-electron chi connectivity index (χ0n) is 11.9. The Morgan fingerprint density at radius 1 is 1.18 bits per heavy atom. The molecule has 2 heteroatoms. The molecule has 0 spiro atoms. The van der Waals surface area contributed by atoms with Crippen LogP contribution in [0.3, 0.4) is 0 Å². The minimum atomic E-state index is 0.813. The fourth-order valence-corrected chi connectivity index (χ4v) is 3.76. The molecule has 0 aromatic carbocycles. The van der Waals surface area contributed by atoms with Gasteiger partial charge in [0.05, 0.1) is 0 Å². The van der Waals surface area contributed by atoms with Crippen molar-refractivity contribution in [3.8, 4) is 0 Å². The van der Waals surface area contributed by atoms with Gasteiger partial charge in [-0.15, -0.1) is 0 Å². The molecule has 2 fully saturated rings. The number of nitrogens with one attached hydrogen (secondary N) is 1. The predicted octanol–water partition coefficient (Wildman–Crippen LogP) is 2.89. The molecule has 2 rings (SSSR count). The summed E-state index contributed by atoms with van der Waals surface area (Å²) in [4.78, 5) is 2.85. The molecule has 0 bridgehead atoms. The van der Waals surface area contributed by atoms with Crippen LogP contribution in [0.15, 0.2) is 0 Å². The van der Waals surface area contributed by atoms with Crippen molar-refractivity contribution in [2.75, 3.05) is 19.6 Å². The molecular formula is C15H30N2. The first-order valence-electron chi connectivity index (χ1n) is 7.68. The summed E-state index contributed by atoms with van der Waals surface area (Å²) in [6.07, 6.45) is 6.97. The van der Waals surface area contributed by atoms with E-state index in [-0.39, 0.29) is 0 Å². The van der Waals surface area contributed by atoms with Gasteiger partial charge in [-0.3, -0.25) is 4.90 Å². The summed E-state index contributed by atoms with van der Waals surface area (Å²) in [6, 6.07) is 1.66. The highest BCUT2D eigenvalue weighted by Gasteiger charge is 2.34. The van der Waals surface area contributed by atoms with Crippen molar-refractivity contribution in [2.45, 2.75) is 65.0 Å². The third-order valence-electron chi connectivity index (χ3n) is 4.83. The van der Waals surface area contributed by atoms with Crippen LogP contribution in [0.2, 0.25) is 0 Å². The van der Waals surface area contributed by atoms with E-state index in [9.17, 15) is 0 Å². The van der Waals surface area contributed by atoms with Crippen LogP contribution in [0.4, 0.5) is 0 Å². The highest BCUT2D eigenvalue weighted by molar-refractivity contribution is 4.90. The summed E-state index contributed by atoms with van der Waals surface area (Å²) in [6.45, 7) is 11.0. The zero-order valence-corrected chi connectivity index (χ0v) is 11.9. The maximum atomic E-state index is 3.53. The van der Waals surface area contributed by atoms with Gasteiger partial charge in [-0.25, -0.2) is 0 Å². The molecule has 4 unspecified atom stereocenters. The average Bonchev–Trinajstić information content (AvgIpc) is 2.83. The lowest BCUT2D eigenvalue weighted by Crippen LogP contribution is -2.49. The quantitative estimate of drug-likeness (QED) is 0.810. The second-order valence-electron chi connectivity index (χ2n) is 6.35. The lowest BCUT2D eigenvalue weighted by Gasteiger charge is -2.43. The average molecular weight is 238 g/mol. The first-order valence-corrected chi connectivity index (χ1v) is 7.68. The van der Waals surface area contributed by atoms with Gasteiger partial charge in [0.15, 0.2) is 0 Å². The Balaban J connectivity index is 2.02. The van der Waals surface area contributed by atoms with Crippen molar-refractivity contribution in [1.82, 2.24) is 10.2 Å². The molecule has 1 saturated carbocycles. The number of nitrogens with zero attached hydrogens (tertiary/aromatic N) is 1. The van der Waals surface area contributed by atoms with Crippen molar-refractivity contribution >= 4 is 0 Å². The van der Waals surface area contributed by atoms with E-state index >= 15 is 0 Å². The van der Waals surface area contributed by atoms with E-state index in [1.807, 2.05) is 0 Å². The molecule has 0 amide bonds. The first-order chi connectivity index (χ1) is 8.22. The van der Waals surface area contributed by atoms with Gasteiger partial charge in [0.1, 0.15) is 0 Å². The Hall–Kier alpha value is -0.0800. The van der Waals surface area contributed by atoms with Crippen molar-refractivity contribution in [3.05, 3.63) is 0 Å². The summed E-state index contributed by atoms with van der Waals surface area (Å²) in [5.41, 5.74) is 0. The van der Waals surface area contributed by atoms with E-state index < -0.39 is 0 Å². The molecule has 2 aliphatic rings. The van der Waals surface area contributed by atoms with Gasteiger partial charge < -0.3 is 5.32 Å². The second-order valence-corrected chi connectivity index (χ2v) is 6.35. The molecule has 4 atom stereocenters. The minimum absolute atomic E-state index is 0.813. The van der Waals surface area contributed by atoms with Crippen LogP contribution < -0.4 is 5.32 Å². The lowest BCUT2D eigenvalue weighted by molar-refractivity contribution is 0.0592. The Bertz CT molecular complexity index is 223. The maximum absolute atomic E-state index is 3.53. The smallest absolute Gasteiger partial charge is 0.0235 e. The zero-order chi connectivity index (χ0) is 12.3. The van der Waals surface area contributed by atoms with Gasteiger partial charge in [0.25, 0.3) is 0 Å². The van der Waals surface area contributed by atoms with E-state index in [0.29, 0.717) is 0 Å². The van der Waals surface area contributed by atoms with Gasteiger partial charge in [-0.2, -0.15) is 0 Å². The van der Waals surface area contributed by atoms with Crippen LogP contribution in [-0.2, 0) is 0 Å². The predicted molar refractivity (Wildman–Crippen MR) is 74.2 cm³/mol. The van der Waals surface area contributed by atoms with Gasteiger partial charge in [-0.05, 0) is 50.6 Å². The van der Waals surface area contributed by atoms with E-state index in [1.165, 1.54) is 51.7 Å². The number of hydrogen-bond acceptors (Lipinski definition) is 2. The van der Waals surface area contributed by atoms with Gasteiger partial charge in [-0.1, -0.05) is 27.2 Å². The molecule has 1 N–H and O–H groups in total. The van der Waals surface area contributed by atoms with Gasteiger partial charge in [0.2, 0.25) is 0 Å². The van der Waals surface area contributed by atoms with Crippen molar-refractivity contribution in [2.24, 2.45) is 11.8 Å². The Morgan fingerprint density at radius 2 is 2.00 bits per heavy atom. The fraction of sp³-hybridized carbons (Fsp3) is 1.00. The van der Waals surface area contributed by atoms with E-state index in [0.717, 1.165) is 23.9 Å². The molecule has 17 heavy (non-hydrogen) atoms. The van der Waals surface area contributed by atoms with Crippen LogP contribution in [0.5, 0.6) is 0 Å². The van der Waals surface area contributed by atoms with Crippen LogP contribution in [0.25, 0.3) is 0 Å². The summed E-state index contributed by atoms with van der Waals surface area (Å²) < 4.78 is 0. The van der Waals surface area contributed by atoms with Crippen molar-refractivity contribution in [3.63, 3.8) is 0 Å². The van der Waals surface area contributed by atoms with Crippen LogP contribution in [0.1, 0.15) is 52.9 Å². The van der Waals surface area contributed by atoms with Crippen molar-refractivity contribution < 1.29 is 0 Å². The molecule has 100 valence electrons. The molecule has 1 aliphatic carbocycles. The van der Waals surface area contributed by atoms with E-state index in [1.54, 1.807) is 0 Å². The van der Waals surface area contributed by atoms with Crippen LogP contribution in [-0.4, -0.2) is 36.6 Å². The largest absolute Gasteiger partial charge is 0.315 e. The first kappa shape index (κ1) is 13.4. The monoisotopic (exact) mass is 238 g/mol. The highest BCUT2D eigenvalue weighted by atomic mass is 15.2. The summed E-state index contributed by atoms with van der Waals surface area (Å²) in [5.74, 6) is 1.84. The molecule has 0 aromatic rings. The van der Waals surface area contributed by atoms with Crippen LogP contribution in [0, 0.1) is 11.8 Å². The van der Waals surface area contributed by atoms with Gasteiger partial charge in [0, 0.05) is 18.6 Å². The second kappa shape index (κ2) is 6.19. The fourth-order valence-electron chi connectivity index (χ4n) is 3.76. The summed E-state index contributed by atoms with van der Waals surface area (Å²) in [5, 5.41) is 3.53. The van der Waals surface area contributed by atoms with E-state index in [2.05, 4.69) is 31.0 Å². The number of hydrogen-bond donors (Lipinski definition) is 1. The third kappa shape index (κ3) is 3.23. The standard InChI is InChI=1S/C15H30N2/c1-4-9-17(14-7-8-16-11-14)15-10-12(2)5-6-13(15)3/h12-16H,4-11H2,1-3H3. The minimum Gasteiger partial charge on any atom is -0.315 e. The topological polar surface area (TPSA) is 15.3 Å². The lowest BCUT2D eigenvalue weighted by atomic mass is 9.78. The Morgan fingerprint density at radius 3 is 2.65 bits per heavy atom. The molecule has 0 aromatic heterocycles. The molecule has 0 radical (unpaired) electrons. The maximum Gasteiger partial charge on any atom is 0.0235 e. The normalized spacial score (nSPS) is 38.8. The molecule has 1 saturated heterocycles. The summed E-state index contributed by atoms with van der Waals surface area (Å²) in [7, 11) is 0. The molecule has 2 nitrogen and oxygen atoms in total. The molecule has 1 aliphatic heterocycles. The summed E-state index contributed by atoms with van der Waals surface area (Å²) >= 11 is 0. The molecular weight excluding hydrogens is 208 g/mol. The Labute approximate surface area is 107 Å².